The summed E-state index contributed by atoms with van der Waals surface area (Å²) < 4.78 is 4.84. The minimum absolute atomic E-state index is 0.738. The molecule has 1 saturated heterocycles. The van der Waals surface area contributed by atoms with Gasteiger partial charge in [0.15, 0.2) is 5.65 Å². The summed E-state index contributed by atoms with van der Waals surface area (Å²) in [7, 11) is 0. The molecule has 0 saturated carbocycles. The van der Waals surface area contributed by atoms with Gasteiger partial charge in [0.2, 0.25) is 4.77 Å². The van der Waals surface area contributed by atoms with Gasteiger partial charge in [-0.25, -0.2) is 4.68 Å². The summed E-state index contributed by atoms with van der Waals surface area (Å²) in [6.45, 7) is 8.02. The van der Waals surface area contributed by atoms with Gasteiger partial charge in [0.05, 0.1) is 12.2 Å². The Morgan fingerprint density at radius 3 is 2.45 bits per heavy atom. The zero-order valence-electron chi connectivity index (χ0n) is 17.8. The van der Waals surface area contributed by atoms with Crippen molar-refractivity contribution in [2.45, 2.75) is 13.6 Å². The zero-order chi connectivity index (χ0) is 21.2. The van der Waals surface area contributed by atoms with Gasteiger partial charge in [-0.2, -0.15) is 5.10 Å². The number of benzene rings is 2. The predicted molar refractivity (Wildman–Crippen MR) is 130 cm³/mol. The minimum Gasteiger partial charge on any atom is -0.297 e. The summed E-state index contributed by atoms with van der Waals surface area (Å²) >= 11 is 5.81. The van der Waals surface area contributed by atoms with E-state index >= 15 is 0 Å². The van der Waals surface area contributed by atoms with E-state index in [-0.39, 0.29) is 0 Å². The van der Waals surface area contributed by atoms with Crippen molar-refractivity contribution < 1.29 is 0 Å². The lowest BCUT2D eigenvalue weighted by Gasteiger charge is -2.33. The molecule has 0 unspecified atom stereocenters. The van der Waals surface area contributed by atoms with Crippen LogP contribution in [-0.2, 0) is 6.67 Å². The summed E-state index contributed by atoms with van der Waals surface area (Å²) in [6.07, 6.45) is 4.46. The number of piperazine rings is 1. The van der Waals surface area contributed by atoms with E-state index in [2.05, 4.69) is 93.9 Å². The van der Waals surface area contributed by atoms with Crippen LogP contribution in [0.25, 0.3) is 22.6 Å². The van der Waals surface area contributed by atoms with Crippen LogP contribution in [-0.4, -0.2) is 56.7 Å². The smallest absolute Gasteiger partial charge is 0.204 e. The first-order valence-corrected chi connectivity index (χ1v) is 11.2. The minimum atomic E-state index is 0.738. The Balaban J connectivity index is 1.25. The average Bonchev–Trinajstić information content (AvgIpc) is 3.11. The van der Waals surface area contributed by atoms with Gasteiger partial charge >= 0.3 is 0 Å². The predicted octanol–water partition coefficient (Wildman–Crippen LogP) is 4.62. The van der Waals surface area contributed by atoms with Crippen molar-refractivity contribution in [3.8, 4) is 0 Å². The highest BCUT2D eigenvalue weighted by Gasteiger charge is 2.18. The van der Waals surface area contributed by atoms with Crippen LogP contribution in [0.15, 0.2) is 66.7 Å². The molecule has 5 nitrogen and oxygen atoms in total. The number of hydrogen-bond donors (Lipinski definition) is 0. The van der Waals surface area contributed by atoms with Gasteiger partial charge in [-0.15, -0.1) is 0 Å². The maximum absolute atomic E-state index is 5.81. The van der Waals surface area contributed by atoms with Crippen molar-refractivity contribution in [1.29, 1.82) is 0 Å². The van der Waals surface area contributed by atoms with Gasteiger partial charge in [-0.3, -0.25) is 14.2 Å². The highest BCUT2D eigenvalue weighted by Crippen LogP contribution is 2.21. The molecule has 0 aliphatic carbocycles. The fraction of sp³-hybridized carbons (Fsp3) is 0.280. The SMILES string of the molecule is Cc1cc2nn(CN3CCN(CC=Cc4ccccc4)CC3)c(=S)n2c2ccccc12. The maximum atomic E-state index is 5.81. The van der Waals surface area contributed by atoms with Crippen LogP contribution >= 0.6 is 12.2 Å². The van der Waals surface area contributed by atoms with E-state index in [9.17, 15) is 0 Å². The van der Waals surface area contributed by atoms with Crippen molar-refractivity contribution in [3.63, 3.8) is 0 Å². The second-order valence-corrected chi connectivity index (χ2v) is 8.56. The molecule has 0 radical (unpaired) electrons. The molecule has 158 valence electrons. The van der Waals surface area contributed by atoms with E-state index in [0.29, 0.717) is 0 Å². The Bertz CT molecular complexity index is 1280. The molecule has 3 heterocycles. The second-order valence-electron chi connectivity index (χ2n) is 8.19. The number of aromatic nitrogens is 3. The molecule has 1 aliphatic heterocycles. The molecular weight excluding hydrogens is 402 g/mol. The van der Waals surface area contributed by atoms with Gasteiger partial charge in [-0.1, -0.05) is 60.7 Å². The summed E-state index contributed by atoms with van der Waals surface area (Å²) in [5.41, 5.74) is 4.53. The maximum Gasteiger partial charge on any atom is 0.204 e. The van der Waals surface area contributed by atoms with E-state index in [0.717, 1.165) is 55.3 Å². The summed E-state index contributed by atoms with van der Waals surface area (Å²) in [4.78, 5) is 4.93. The number of rotatable bonds is 5. The summed E-state index contributed by atoms with van der Waals surface area (Å²) in [6, 6.07) is 21.0. The molecule has 0 amide bonds. The van der Waals surface area contributed by atoms with Gasteiger partial charge < -0.3 is 0 Å². The lowest BCUT2D eigenvalue weighted by Crippen LogP contribution is -2.46. The van der Waals surface area contributed by atoms with Gasteiger partial charge in [0, 0.05) is 38.1 Å². The first-order chi connectivity index (χ1) is 15.2. The number of hydrogen-bond acceptors (Lipinski definition) is 4. The van der Waals surface area contributed by atoms with Crippen molar-refractivity contribution in [3.05, 3.63) is 82.6 Å². The number of para-hydroxylation sites is 1. The lowest BCUT2D eigenvalue weighted by atomic mass is 10.1. The van der Waals surface area contributed by atoms with Crippen LogP contribution < -0.4 is 0 Å². The van der Waals surface area contributed by atoms with E-state index in [4.69, 9.17) is 17.3 Å². The van der Waals surface area contributed by atoms with E-state index in [1.165, 1.54) is 16.5 Å². The quantitative estimate of drug-likeness (QED) is 0.433. The Hall–Kier alpha value is -2.80. The molecule has 6 heteroatoms. The van der Waals surface area contributed by atoms with Crippen LogP contribution in [0.4, 0.5) is 0 Å². The number of nitrogens with zero attached hydrogens (tertiary/aromatic N) is 5. The molecule has 5 rings (SSSR count). The molecule has 0 N–H and O–H groups in total. The number of aryl methyl sites for hydroxylation is 1. The normalized spacial score (nSPS) is 16.0. The number of fused-ring (bicyclic) bond motifs is 3. The van der Waals surface area contributed by atoms with Crippen LogP contribution in [0.5, 0.6) is 0 Å². The lowest BCUT2D eigenvalue weighted by molar-refractivity contribution is 0.110. The molecule has 2 aromatic carbocycles. The Kier molecular flexibility index (Phi) is 5.68. The fourth-order valence-corrected chi connectivity index (χ4v) is 4.61. The Morgan fingerprint density at radius 2 is 1.65 bits per heavy atom. The molecule has 31 heavy (non-hydrogen) atoms. The summed E-state index contributed by atoms with van der Waals surface area (Å²) in [5.74, 6) is 0. The van der Waals surface area contributed by atoms with E-state index < -0.39 is 0 Å². The molecule has 1 aliphatic rings. The zero-order valence-corrected chi connectivity index (χ0v) is 18.6. The average molecular weight is 430 g/mol. The van der Waals surface area contributed by atoms with Crippen molar-refractivity contribution in [1.82, 2.24) is 24.0 Å². The topological polar surface area (TPSA) is 28.7 Å². The third-order valence-electron chi connectivity index (χ3n) is 6.05. The number of pyridine rings is 1. The standard InChI is InChI=1S/C25H27N5S/c1-20-18-24-26-29(25(31)30(24)23-12-6-5-11-22(20)23)19-28-16-14-27(15-17-28)13-7-10-21-8-3-2-4-9-21/h2-12,18H,13-17,19H2,1H3. The van der Waals surface area contributed by atoms with Crippen LogP contribution in [0.3, 0.4) is 0 Å². The van der Waals surface area contributed by atoms with Crippen molar-refractivity contribution in [2.75, 3.05) is 32.7 Å². The van der Waals surface area contributed by atoms with Gasteiger partial charge in [0.1, 0.15) is 0 Å². The molecule has 1 fully saturated rings. The molecule has 0 bridgehead atoms. The Labute approximate surface area is 187 Å². The molecule has 4 aromatic rings. The summed E-state index contributed by atoms with van der Waals surface area (Å²) in [5, 5.41) is 6.05. The third kappa shape index (κ3) is 4.19. The first kappa shape index (κ1) is 20.1. The highest BCUT2D eigenvalue weighted by molar-refractivity contribution is 7.71. The van der Waals surface area contributed by atoms with Crippen LogP contribution in [0.2, 0.25) is 0 Å². The van der Waals surface area contributed by atoms with Crippen molar-refractivity contribution >= 4 is 34.8 Å². The second kappa shape index (κ2) is 8.75. The van der Waals surface area contributed by atoms with E-state index in [1.54, 1.807) is 0 Å². The fourth-order valence-electron chi connectivity index (χ4n) is 4.31. The van der Waals surface area contributed by atoms with Crippen molar-refractivity contribution in [2.24, 2.45) is 0 Å². The van der Waals surface area contributed by atoms with E-state index in [1.807, 2.05) is 4.68 Å². The molecule has 2 aromatic heterocycles. The Morgan fingerprint density at radius 1 is 0.935 bits per heavy atom. The van der Waals surface area contributed by atoms with Crippen LogP contribution in [0.1, 0.15) is 11.1 Å². The van der Waals surface area contributed by atoms with Gasteiger partial charge in [0.25, 0.3) is 0 Å². The monoisotopic (exact) mass is 429 g/mol. The van der Waals surface area contributed by atoms with Crippen LogP contribution in [0, 0.1) is 11.7 Å². The molecular formula is C25H27N5S. The molecule has 0 atom stereocenters. The first-order valence-electron chi connectivity index (χ1n) is 10.8. The third-order valence-corrected chi connectivity index (χ3v) is 6.45. The molecule has 0 spiro atoms. The van der Waals surface area contributed by atoms with Gasteiger partial charge in [-0.05, 0) is 42.4 Å². The largest absolute Gasteiger partial charge is 0.297 e. The highest BCUT2D eigenvalue weighted by atomic mass is 32.1.